The minimum atomic E-state index is -0.00517. The van der Waals surface area contributed by atoms with Crippen molar-refractivity contribution in [2.45, 2.75) is 19.4 Å². The van der Waals surface area contributed by atoms with Crippen LogP contribution in [0.25, 0.3) is 0 Å². The first-order valence-electron chi connectivity index (χ1n) is 8.10. The lowest BCUT2D eigenvalue weighted by molar-refractivity contribution is -0.121. The standard InChI is InChI=1S/C18H18Cl3N3O/c19-14-2-1-13(16(21)9-14)11-24-7-5-12(6-8-24)18(25)23-17-4-3-15(20)10-22-17/h1-4,9-10,12H,5-8,11H2,(H,22,23,25). The molecule has 0 radical (unpaired) electrons. The summed E-state index contributed by atoms with van der Waals surface area (Å²) in [6.45, 7) is 2.47. The minimum absolute atomic E-state index is 0.00517. The smallest absolute Gasteiger partial charge is 0.228 e. The first-order valence-corrected chi connectivity index (χ1v) is 9.23. The van der Waals surface area contributed by atoms with E-state index in [1.54, 1.807) is 18.2 Å². The second kappa shape index (κ2) is 8.37. The van der Waals surface area contributed by atoms with E-state index in [2.05, 4.69) is 15.2 Å². The van der Waals surface area contributed by atoms with Crippen LogP contribution in [-0.4, -0.2) is 28.9 Å². The van der Waals surface area contributed by atoms with Gasteiger partial charge in [0, 0.05) is 28.7 Å². The number of benzene rings is 1. The van der Waals surface area contributed by atoms with Gasteiger partial charge in [-0.1, -0.05) is 40.9 Å². The lowest BCUT2D eigenvalue weighted by Gasteiger charge is -2.31. The normalized spacial score (nSPS) is 16.0. The predicted molar refractivity (Wildman–Crippen MR) is 102 cm³/mol. The summed E-state index contributed by atoms with van der Waals surface area (Å²) in [4.78, 5) is 18.8. The Bertz CT molecular complexity index is 744. The number of piperidine rings is 1. The quantitative estimate of drug-likeness (QED) is 0.797. The second-order valence-corrected chi connectivity index (χ2v) is 7.42. The first kappa shape index (κ1) is 18.5. The fraction of sp³-hybridized carbons (Fsp3) is 0.333. The van der Waals surface area contributed by atoms with E-state index in [-0.39, 0.29) is 11.8 Å². The molecule has 1 aliphatic heterocycles. The maximum Gasteiger partial charge on any atom is 0.228 e. The summed E-state index contributed by atoms with van der Waals surface area (Å²) in [5.74, 6) is 0.540. The summed E-state index contributed by atoms with van der Waals surface area (Å²) in [6, 6.07) is 8.98. The number of pyridine rings is 1. The highest BCUT2D eigenvalue weighted by atomic mass is 35.5. The Balaban J connectivity index is 1.51. The summed E-state index contributed by atoms with van der Waals surface area (Å²) in [5, 5.41) is 4.72. The number of anilines is 1. The van der Waals surface area contributed by atoms with Crippen LogP contribution in [0.4, 0.5) is 5.82 Å². The molecule has 4 nitrogen and oxygen atoms in total. The Morgan fingerprint density at radius 3 is 2.48 bits per heavy atom. The largest absolute Gasteiger partial charge is 0.310 e. The highest BCUT2D eigenvalue weighted by Gasteiger charge is 2.25. The summed E-state index contributed by atoms with van der Waals surface area (Å²) in [7, 11) is 0. The van der Waals surface area contributed by atoms with Crippen molar-refractivity contribution >= 4 is 46.5 Å². The third kappa shape index (κ3) is 5.08. The van der Waals surface area contributed by atoms with Gasteiger partial charge in [-0.05, 0) is 55.8 Å². The van der Waals surface area contributed by atoms with E-state index in [1.807, 2.05) is 12.1 Å². The van der Waals surface area contributed by atoms with Gasteiger partial charge in [0.2, 0.25) is 5.91 Å². The maximum absolute atomic E-state index is 12.4. The zero-order valence-electron chi connectivity index (χ0n) is 13.5. The fourth-order valence-corrected chi connectivity index (χ4v) is 3.50. The van der Waals surface area contributed by atoms with E-state index in [0.29, 0.717) is 20.9 Å². The van der Waals surface area contributed by atoms with Gasteiger partial charge >= 0.3 is 0 Å². The monoisotopic (exact) mass is 397 g/mol. The van der Waals surface area contributed by atoms with Crippen molar-refractivity contribution in [2.24, 2.45) is 5.92 Å². The third-order valence-corrected chi connectivity index (χ3v) is 5.16. The Morgan fingerprint density at radius 2 is 1.84 bits per heavy atom. The van der Waals surface area contributed by atoms with Crippen LogP contribution in [0.5, 0.6) is 0 Å². The molecule has 1 N–H and O–H groups in total. The van der Waals surface area contributed by atoms with Crippen LogP contribution in [0.2, 0.25) is 15.1 Å². The molecule has 0 spiro atoms. The number of hydrogen-bond donors (Lipinski definition) is 1. The van der Waals surface area contributed by atoms with Gasteiger partial charge in [0.15, 0.2) is 0 Å². The molecule has 0 aliphatic carbocycles. The Labute approximate surface area is 162 Å². The Kier molecular flexibility index (Phi) is 6.18. The molecular formula is C18H18Cl3N3O. The summed E-state index contributed by atoms with van der Waals surface area (Å²) in [5.41, 5.74) is 1.05. The van der Waals surface area contributed by atoms with Crippen LogP contribution in [-0.2, 0) is 11.3 Å². The maximum atomic E-state index is 12.4. The van der Waals surface area contributed by atoms with Crippen molar-refractivity contribution in [3.8, 4) is 0 Å². The summed E-state index contributed by atoms with van der Waals surface area (Å²) >= 11 is 18.0. The summed E-state index contributed by atoms with van der Waals surface area (Å²) in [6.07, 6.45) is 3.14. The molecule has 1 aromatic heterocycles. The zero-order valence-corrected chi connectivity index (χ0v) is 15.8. The number of nitrogens with one attached hydrogen (secondary N) is 1. The highest BCUT2D eigenvalue weighted by molar-refractivity contribution is 6.35. The molecule has 0 bridgehead atoms. The van der Waals surface area contributed by atoms with Crippen molar-refractivity contribution in [2.75, 3.05) is 18.4 Å². The molecule has 132 valence electrons. The molecule has 2 heterocycles. The number of carbonyl (C=O) groups is 1. The fourth-order valence-electron chi connectivity index (χ4n) is 2.92. The van der Waals surface area contributed by atoms with Crippen LogP contribution in [0.15, 0.2) is 36.5 Å². The van der Waals surface area contributed by atoms with Gasteiger partial charge in [0.25, 0.3) is 0 Å². The van der Waals surface area contributed by atoms with Crippen molar-refractivity contribution in [3.05, 3.63) is 57.2 Å². The molecule has 0 unspecified atom stereocenters. The Morgan fingerprint density at radius 1 is 1.12 bits per heavy atom. The van der Waals surface area contributed by atoms with Gasteiger partial charge in [0.1, 0.15) is 5.82 Å². The lowest BCUT2D eigenvalue weighted by atomic mass is 9.95. The van der Waals surface area contributed by atoms with E-state index < -0.39 is 0 Å². The van der Waals surface area contributed by atoms with Crippen molar-refractivity contribution < 1.29 is 4.79 Å². The van der Waals surface area contributed by atoms with Crippen LogP contribution in [0.3, 0.4) is 0 Å². The average molecular weight is 399 g/mol. The SMILES string of the molecule is O=C(Nc1ccc(Cl)cn1)C1CCN(Cc2ccc(Cl)cc2Cl)CC1. The van der Waals surface area contributed by atoms with E-state index in [1.165, 1.54) is 6.20 Å². The minimum Gasteiger partial charge on any atom is -0.310 e. The van der Waals surface area contributed by atoms with Gasteiger partial charge < -0.3 is 5.32 Å². The van der Waals surface area contributed by atoms with Crippen LogP contribution < -0.4 is 5.32 Å². The van der Waals surface area contributed by atoms with Gasteiger partial charge in [-0.25, -0.2) is 4.98 Å². The zero-order chi connectivity index (χ0) is 17.8. The van der Waals surface area contributed by atoms with Gasteiger partial charge in [-0.2, -0.15) is 0 Å². The molecular weight excluding hydrogens is 381 g/mol. The van der Waals surface area contributed by atoms with Crippen LogP contribution in [0, 0.1) is 5.92 Å². The first-order chi connectivity index (χ1) is 12.0. The molecule has 3 rings (SSSR count). The molecule has 2 aromatic rings. The second-order valence-electron chi connectivity index (χ2n) is 6.14. The number of rotatable bonds is 4. The highest BCUT2D eigenvalue weighted by Crippen LogP contribution is 2.25. The average Bonchev–Trinajstić information content (AvgIpc) is 2.60. The number of carbonyl (C=O) groups excluding carboxylic acids is 1. The van der Waals surface area contributed by atoms with E-state index >= 15 is 0 Å². The van der Waals surface area contributed by atoms with Crippen molar-refractivity contribution in [1.29, 1.82) is 0 Å². The molecule has 1 amide bonds. The number of aromatic nitrogens is 1. The number of hydrogen-bond acceptors (Lipinski definition) is 3. The van der Waals surface area contributed by atoms with Crippen LogP contribution in [0.1, 0.15) is 18.4 Å². The number of likely N-dealkylation sites (tertiary alicyclic amines) is 1. The molecule has 1 aliphatic rings. The number of amides is 1. The van der Waals surface area contributed by atoms with Crippen molar-refractivity contribution in [3.63, 3.8) is 0 Å². The van der Waals surface area contributed by atoms with Crippen LogP contribution >= 0.6 is 34.8 Å². The van der Waals surface area contributed by atoms with Crippen molar-refractivity contribution in [1.82, 2.24) is 9.88 Å². The van der Waals surface area contributed by atoms with Gasteiger partial charge in [-0.15, -0.1) is 0 Å². The van der Waals surface area contributed by atoms with E-state index in [9.17, 15) is 4.79 Å². The molecule has 0 atom stereocenters. The molecule has 7 heteroatoms. The third-order valence-electron chi connectivity index (χ3n) is 4.35. The topological polar surface area (TPSA) is 45.2 Å². The molecule has 1 saturated heterocycles. The van der Waals surface area contributed by atoms with Gasteiger partial charge in [-0.3, -0.25) is 9.69 Å². The number of halogens is 3. The van der Waals surface area contributed by atoms with E-state index in [0.717, 1.165) is 38.0 Å². The predicted octanol–water partition coefficient (Wildman–Crippen LogP) is 4.89. The molecule has 0 saturated carbocycles. The summed E-state index contributed by atoms with van der Waals surface area (Å²) < 4.78 is 0. The Hall–Kier alpha value is -1.33. The molecule has 25 heavy (non-hydrogen) atoms. The van der Waals surface area contributed by atoms with E-state index in [4.69, 9.17) is 34.8 Å². The lowest BCUT2D eigenvalue weighted by Crippen LogP contribution is -2.37. The molecule has 1 fully saturated rings. The number of nitrogens with zero attached hydrogens (tertiary/aromatic N) is 2. The van der Waals surface area contributed by atoms with Gasteiger partial charge in [0.05, 0.1) is 5.02 Å². The molecule has 1 aromatic carbocycles.